The molecule has 18 heavy (non-hydrogen) atoms. The van der Waals surface area contributed by atoms with E-state index in [2.05, 4.69) is 20.1 Å². The van der Waals surface area contributed by atoms with Crippen LogP contribution in [0.15, 0.2) is 10.9 Å². The molecule has 7 heteroatoms. The summed E-state index contributed by atoms with van der Waals surface area (Å²) in [7, 11) is 0. The Hall–Kier alpha value is -1.56. The highest BCUT2D eigenvalue weighted by atomic mass is 35.5. The zero-order valence-corrected chi connectivity index (χ0v) is 10.8. The van der Waals surface area contributed by atoms with Crippen molar-refractivity contribution in [3.8, 4) is 0 Å². The zero-order chi connectivity index (χ0) is 12.7. The predicted octanol–water partition coefficient (Wildman–Crippen LogP) is 0.934. The van der Waals surface area contributed by atoms with Crippen molar-refractivity contribution >= 4 is 23.1 Å². The number of aromatic nitrogens is 4. The molecule has 0 bridgehead atoms. The van der Waals surface area contributed by atoms with E-state index >= 15 is 0 Å². The summed E-state index contributed by atoms with van der Waals surface area (Å²) in [6, 6.07) is 2.15. The molecular weight excluding hydrogens is 254 g/mol. The molecule has 3 rings (SSSR count). The summed E-state index contributed by atoms with van der Waals surface area (Å²) >= 11 is 5.97. The molecule has 1 unspecified atom stereocenters. The fourth-order valence-corrected chi connectivity index (χ4v) is 2.85. The molecule has 0 saturated carbocycles. The maximum atomic E-state index is 11.5. The number of H-pyrrole nitrogens is 1. The molecule has 0 amide bonds. The molecule has 1 aliphatic rings. The van der Waals surface area contributed by atoms with E-state index in [1.807, 2.05) is 6.07 Å². The number of fused-ring (bicyclic) bond motifs is 1. The van der Waals surface area contributed by atoms with Gasteiger partial charge in [-0.3, -0.25) is 0 Å². The second-order valence-electron chi connectivity index (χ2n) is 4.53. The third-order valence-electron chi connectivity index (χ3n) is 3.41. The van der Waals surface area contributed by atoms with Crippen LogP contribution in [0.3, 0.4) is 0 Å². The van der Waals surface area contributed by atoms with Crippen molar-refractivity contribution in [1.29, 1.82) is 0 Å². The van der Waals surface area contributed by atoms with Gasteiger partial charge in [-0.15, -0.1) is 11.6 Å². The van der Waals surface area contributed by atoms with Crippen molar-refractivity contribution in [2.24, 2.45) is 0 Å². The van der Waals surface area contributed by atoms with Crippen molar-refractivity contribution < 1.29 is 0 Å². The third-order valence-corrected chi connectivity index (χ3v) is 3.76. The smallest absolute Gasteiger partial charge is 0.349 e. The first-order valence-corrected chi connectivity index (χ1v) is 6.51. The lowest BCUT2D eigenvalue weighted by Crippen LogP contribution is -2.31. The average molecular weight is 268 g/mol. The zero-order valence-electron chi connectivity index (χ0n) is 10.1. The van der Waals surface area contributed by atoms with Crippen LogP contribution in [0.25, 0.3) is 5.65 Å². The summed E-state index contributed by atoms with van der Waals surface area (Å²) < 4.78 is 1.47. The topological polar surface area (TPSA) is 66.3 Å². The molecule has 96 valence electrons. The summed E-state index contributed by atoms with van der Waals surface area (Å²) in [4.78, 5) is 18.2. The number of nitrogens with zero attached hydrogens (tertiary/aromatic N) is 4. The van der Waals surface area contributed by atoms with Crippen LogP contribution in [0, 0.1) is 6.92 Å². The Morgan fingerprint density at radius 2 is 2.44 bits per heavy atom. The minimum Gasteiger partial charge on any atom is -0.352 e. The molecule has 1 aliphatic heterocycles. The van der Waals surface area contributed by atoms with Crippen molar-refractivity contribution in [3.63, 3.8) is 0 Å². The lowest BCUT2D eigenvalue weighted by atomic mass is 10.2. The highest BCUT2D eigenvalue weighted by Gasteiger charge is 2.25. The van der Waals surface area contributed by atoms with Gasteiger partial charge in [0.15, 0.2) is 5.65 Å². The number of nitrogens with one attached hydrogen (secondary N) is 1. The SMILES string of the molecule is Cc1nc(N2CCCC2CCl)cc2n[nH]c(=O)n12. The Labute approximate surface area is 109 Å². The molecule has 0 radical (unpaired) electrons. The van der Waals surface area contributed by atoms with Gasteiger partial charge in [0.2, 0.25) is 0 Å². The van der Waals surface area contributed by atoms with E-state index in [0.29, 0.717) is 23.4 Å². The Kier molecular flexibility index (Phi) is 2.74. The number of aromatic amines is 1. The standard InChI is InChI=1S/C11H14ClN5O/c1-7-13-9(16-4-2-3-8(16)6-12)5-10-14-15-11(18)17(7)10/h5,8H,2-4,6H2,1H3,(H,15,18). The number of hydrogen-bond acceptors (Lipinski definition) is 4. The van der Waals surface area contributed by atoms with Crippen LogP contribution in [-0.2, 0) is 0 Å². The molecule has 3 heterocycles. The molecule has 0 spiro atoms. The maximum absolute atomic E-state index is 11.5. The summed E-state index contributed by atoms with van der Waals surface area (Å²) in [6.07, 6.45) is 2.21. The summed E-state index contributed by atoms with van der Waals surface area (Å²) in [5.41, 5.74) is 0.347. The van der Waals surface area contributed by atoms with Gasteiger partial charge in [-0.05, 0) is 19.8 Å². The molecule has 0 aliphatic carbocycles. The Morgan fingerprint density at radius 3 is 3.22 bits per heavy atom. The highest BCUT2D eigenvalue weighted by molar-refractivity contribution is 6.18. The normalized spacial score (nSPS) is 19.9. The van der Waals surface area contributed by atoms with Gasteiger partial charge in [0.1, 0.15) is 11.6 Å². The summed E-state index contributed by atoms with van der Waals surface area (Å²) in [5.74, 6) is 2.09. The molecule has 6 nitrogen and oxygen atoms in total. The predicted molar refractivity (Wildman–Crippen MR) is 69.4 cm³/mol. The fourth-order valence-electron chi connectivity index (χ4n) is 2.53. The number of halogens is 1. The molecule has 1 saturated heterocycles. The Morgan fingerprint density at radius 1 is 1.61 bits per heavy atom. The number of hydrogen-bond donors (Lipinski definition) is 1. The Balaban J connectivity index is 2.10. The van der Waals surface area contributed by atoms with E-state index < -0.39 is 0 Å². The summed E-state index contributed by atoms with van der Waals surface area (Å²) in [5, 5.41) is 6.42. The minimum atomic E-state index is -0.253. The van der Waals surface area contributed by atoms with Crippen LogP contribution in [0.1, 0.15) is 18.7 Å². The van der Waals surface area contributed by atoms with Crippen LogP contribution in [-0.4, -0.2) is 38.0 Å². The van der Waals surface area contributed by atoms with Crippen LogP contribution >= 0.6 is 11.6 Å². The van der Waals surface area contributed by atoms with Crippen molar-refractivity contribution in [3.05, 3.63) is 22.4 Å². The van der Waals surface area contributed by atoms with E-state index in [-0.39, 0.29) is 5.69 Å². The van der Waals surface area contributed by atoms with E-state index in [0.717, 1.165) is 25.2 Å². The number of anilines is 1. The third kappa shape index (κ3) is 1.68. The van der Waals surface area contributed by atoms with Gasteiger partial charge in [0.25, 0.3) is 0 Å². The monoisotopic (exact) mass is 267 g/mol. The van der Waals surface area contributed by atoms with E-state index in [9.17, 15) is 4.79 Å². The second kappa shape index (κ2) is 4.28. The largest absolute Gasteiger partial charge is 0.352 e. The van der Waals surface area contributed by atoms with Crippen LogP contribution in [0.5, 0.6) is 0 Å². The second-order valence-corrected chi connectivity index (χ2v) is 4.84. The minimum absolute atomic E-state index is 0.253. The van der Waals surface area contributed by atoms with E-state index in [4.69, 9.17) is 11.6 Å². The average Bonchev–Trinajstić information content (AvgIpc) is 2.95. The van der Waals surface area contributed by atoms with Crippen LogP contribution < -0.4 is 10.6 Å². The quantitative estimate of drug-likeness (QED) is 0.822. The molecule has 1 N–H and O–H groups in total. The van der Waals surface area contributed by atoms with Gasteiger partial charge in [0, 0.05) is 24.5 Å². The highest BCUT2D eigenvalue weighted by Crippen LogP contribution is 2.25. The van der Waals surface area contributed by atoms with Gasteiger partial charge in [-0.1, -0.05) is 0 Å². The molecule has 1 atom stereocenters. The maximum Gasteiger partial charge on any atom is 0.349 e. The summed E-state index contributed by atoms with van der Waals surface area (Å²) in [6.45, 7) is 2.76. The molecule has 2 aromatic heterocycles. The van der Waals surface area contributed by atoms with E-state index in [1.165, 1.54) is 4.40 Å². The van der Waals surface area contributed by atoms with Crippen LogP contribution in [0.4, 0.5) is 5.82 Å². The van der Waals surface area contributed by atoms with Crippen molar-refractivity contribution in [2.75, 3.05) is 17.3 Å². The first kappa shape index (κ1) is 11.5. The molecule has 2 aromatic rings. The molecular formula is C11H14ClN5O. The number of aryl methyl sites for hydroxylation is 1. The first-order valence-electron chi connectivity index (χ1n) is 5.98. The van der Waals surface area contributed by atoms with E-state index in [1.54, 1.807) is 6.92 Å². The molecule has 0 aromatic carbocycles. The van der Waals surface area contributed by atoms with Crippen molar-refractivity contribution in [2.45, 2.75) is 25.8 Å². The first-order chi connectivity index (χ1) is 8.70. The lowest BCUT2D eigenvalue weighted by Gasteiger charge is -2.24. The molecule has 1 fully saturated rings. The lowest BCUT2D eigenvalue weighted by molar-refractivity contribution is 0.729. The van der Waals surface area contributed by atoms with Gasteiger partial charge in [-0.25, -0.2) is 19.3 Å². The van der Waals surface area contributed by atoms with Gasteiger partial charge < -0.3 is 4.90 Å². The van der Waals surface area contributed by atoms with Crippen molar-refractivity contribution in [1.82, 2.24) is 19.6 Å². The number of rotatable bonds is 2. The fraction of sp³-hybridized carbons (Fsp3) is 0.545. The van der Waals surface area contributed by atoms with Crippen LogP contribution in [0.2, 0.25) is 0 Å². The van der Waals surface area contributed by atoms with Gasteiger partial charge in [-0.2, -0.15) is 5.10 Å². The Bertz CT molecular complexity index is 634. The van der Waals surface area contributed by atoms with Gasteiger partial charge in [0.05, 0.1) is 0 Å². The van der Waals surface area contributed by atoms with Gasteiger partial charge >= 0.3 is 5.69 Å². The number of alkyl halides is 1.